The Labute approximate surface area is 295 Å². The Hall–Kier alpha value is -3.87. The van der Waals surface area contributed by atoms with E-state index in [-0.39, 0.29) is 44.9 Å². The second kappa shape index (κ2) is 21.5. The molecule has 2 heterocycles. The minimum atomic E-state index is -1.90. The van der Waals surface area contributed by atoms with Crippen molar-refractivity contribution in [2.24, 2.45) is 0 Å². The highest BCUT2D eigenvalue weighted by atomic mass is 16.8. The lowest BCUT2D eigenvalue weighted by atomic mass is 9.96. The molecule has 18 nitrogen and oxygen atoms in total. The van der Waals surface area contributed by atoms with Crippen molar-refractivity contribution in [3.05, 3.63) is 0 Å². The molecular formula is C33H50O18. The molecule has 0 spiro atoms. The zero-order valence-corrected chi connectivity index (χ0v) is 30.0. The molecule has 290 valence electrons. The molecule has 51 heavy (non-hydrogen) atoms. The maximum atomic E-state index is 12.8. The third kappa shape index (κ3) is 12.7. The molecule has 0 bridgehead atoms. The second-order valence-electron chi connectivity index (χ2n) is 11.3. The minimum absolute atomic E-state index is 0.0285. The quantitative estimate of drug-likeness (QED) is 0.155. The molecule has 2 rings (SSSR count). The number of hydrogen-bond acceptors (Lipinski definition) is 18. The summed E-state index contributed by atoms with van der Waals surface area (Å²) in [6, 6.07) is 0. The van der Waals surface area contributed by atoms with Crippen molar-refractivity contribution < 1.29 is 86.0 Å². The van der Waals surface area contributed by atoms with Crippen molar-refractivity contribution >= 4 is 41.8 Å². The van der Waals surface area contributed by atoms with Crippen LogP contribution < -0.4 is 0 Å². The highest BCUT2D eigenvalue weighted by Crippen LogP contribution is 2.35. The first kappa shape index (κ1) is 43.3. The van der Waals surface area contributed by atoms with Crippen molar-refractivity contribution in [2.75, 3.05) is 13.2 Å². The van der Waals surface area contributed by atoms with Crippen LogP contribution >= 0.6 is 0 Å². The van der Waals surface area contributed by atoms with E-state index in [1.807, 2.05) is 0 Å². The lowest BCUT2D eigenvalue weighted by Gasteiger charge is -2.48. The smallest absolute Gasteiger partial charge is 0.306 e. The van der Waals surface area contributed by atoms with Crippen LogP contribution in [0.1, 0.15) is 93.4 Å². The van der Waals surface area contributed by atoms with Crippen molar-refractivity contribution in [1.82, 2.24) is 0 Å². The average Bonchev–Trinajstić information content (AvgIpc) is 3.13. The van der Waals surface area contributed by atoms with Gasteiger partial charge in [0, 0.05) is 44.9 Å². The van der Waals surface area contributed by atoms with Gasteiger partial charge in [-0.1, -0.05) is 48.5 Å². The molecule has 0 saturated carbocycles. The first-order valence-corrected chi connectivity index (χ1v) is 17.2. The number of aliphatic hydroxyl groups is 1. The molecule has 5 unspecified atom stereocenters. The van der Waals surface area contributed by atoms with Crippen LogP contribution in [-0.4, -0.2) is 122 Å². The zero-order valence-electron chi connectivity index (χ0n) is 30.0. The predicted octanol–water partition coefficient (Wildman–Crippen LogP) is 1.33. The molecule has 10 atom stereocenters. The van der Waals surface area contributed by atoms with E-state index in [4.69, 9.17) is 47.4 Å². The summed E-state index contributed by atoms with van der Waals surface area (Å²) in [5.74, 6) is -5.31. The Morgan fingerprint density at radius 3 is 1.18 bits per heavy atom. The van der Waals surface area contributed by atoms with Gasteiger partial charge in [0.1, 0.15) is 31.5 Å². The Morgan fingerprint density at radius 2 is 0.765 bits per heavy atom. The largest absolute Gasteiger partial charge is 0.463 e. The summed E-state index contributed by atoms with van der Waals surface area (Å²) in [6.45, 7) is 9.41. The van der Waals surface area contributed by atoms with Gasteiger partial charge in [-0.15, -0.1) is 0 Å². The van der Waals surface area contributed by atoms with E-state index in [0.29, 0.717) is 0 Å². The molecule has 1 N–H and O–H groups in total. The van der Waals surface area contributed by atoms with Gasteiger partial charge in [-0.2, -0.15) is 0 Å². The van der Waals surface area contributed by atoms with Crippen LogP contribution in [0.4, 0.5) is 0 Å². The Balaban J connectivity index is 2.77. The predicted molar refractivity (Wildman–Crippen MR) is 168 cm³/mol. The van der Waals surface area contributed by atoms with Crippen molar-refractivity contribution in [3.63, 3.8) is 0 Å². The molecule has 2 saturated heterocycles. The molecule has 0 aromatic heterocycles. The van der Waals surface area contributed by atoms with Crippen molar-refractivity contribution in [3.8, 4) is 0 Å². The van der Waals surface area contributed by atoms with Gasteiger partial charge in [-0.05, 0) is 0 Å². The van der Waals surface area contributed by atoms with Crippen LogP contribution in [0.2, 0.25) is 0 Å². The topological polar surface area (TPSA) is 232 Å². The Bertz CT molecular complexity index is 1200. The molecule has 2 fully saturated rings. The van der Waals surface area contributed by atoms with Crippen molar-refractivity contribution in [1.29, 1.82) is 0 Å². The molecule has 0 aliphatic carbocycles. The molecule has 2 aliphatic rings. The summed E-state index contributed by atoms with van der Waals surface area (Å²) in [6.07, 6.45) is -17.1. The van der Waals surface area contributed by atoms with Gasteiger partial charge >= 0.3 is 41.8 Å². The van der Waals surface area contributed by atoms with Gasteiger partial charge in [0.25, 0.3) is 0 Å². The van der Waals surface area contributed by atoms with E-state index in [9.17, 15) is 38.7 Å². The van der Waals surface area contributed by atoms with Crippen LogP contribution in [0.3, 0.4) is 0 Å². The number of esters is 7. The molecule has 0 aromatic carbocycles. The molecule has 0 radical (unpaired) electrons. The number of carbonyl (C=O) groups is 7. The number of carbonyl (C=O) groups excluding carboxylic acids is 7. The monoisotopic (exact) mass is 734 g/mol. The molecule has 0 aromatic rings. The molecule has 18 heteroatoms. The third-order valence-corrected chi connectivity index (χ3v) is 7.67. The summed E-state index contributed by atoms with van der Waals surface area (Å²) >= 11 is 0. The van der Waals surface area contributed by atoms with Crippen LogP contribution in [0.25, 0.3) is 0 Å². The molecule has 0 amide bonds. The summed E-state index contributed by atoms with van der Waals surface area (Å²) in [4.78, 5) is 87.7. The average molecular weight is 735 g/mol. The summed E-state index contributed by atoms with van der Waals surface area (Å²) < 4.78 is 56.8. The summed E-state index contributed by atoms with van der Waals surface area (Å²) in [5, 5.41) is 10.9. The third-order valence-electron chi connectivity index (χ3n) is 7.67. The highest BCUT2D eigenvalue weighted by molar-refractivity contribution is 5.72. The maximum absolute atomic E-state index is 12.8. The van der Waals surface area contributed by atoms with Crippen LogP contribution in [0.5, 0.6) is 0 Å². The fourth-order valence-electron chi connectivity index (χ4n) is 4.86. The number of hydrogen-bond donors (Lipinski definition) is 1. The van der Waals surface area contributed by atoms with Gasteiger partial charge < -0.3 is 52.5 Å². The zero-order chi connectivity index (χ0) is 38.2. The number of rotatable bonds is 18. The Morgan fingerprint density at radius 1 is 0.431 bits per heavy atom. The van der Waals surface area contributed by atoms with E-state index in [1.165, 1.54) is 41.5 Å². The Kier molecular flexibility index (Phi) is 18.2. The fourth-order valence-corrected chi connectivity index (χ4v) is 4.86. The first-order chi connectivity index (χ1) is 24.3. The van der Waals surface area contributed by atoms with Gasteiger partial charge in [-0.3, -0.25) is 33.6 Å². The molecular weight excluding hydrogens is 684 g/mol. The van der Waals surface area contributed by atoms with E-state index in [1.54, 1.807) is 6.92 Å². The van der Waals surface area contributed by atoms with Crippen LogP contribution in [0.15, 0.2) is 0 Å². The summed E-state index contributed by atoms with van der Waals surface area (Å²) in [5.41, 5.74) is 0. The van der Waals surface area contributed by atoms with Gasteiger partial charge in [0.2, 0.25) is 0 Å². The van der Waals surface area contributed by atoms with Crippen LogP contribution in [0, 0.1) is 0 Å². The minimum Gasteiger partial charge on any atom is -0.463 e. The number of aliphatic hydroxyl groups excluding tert-OH is 1. The number of ether oxygens (including phenoxy) is 10. The molecule has 2 aliphatic heterocycles. The van der Waals surface area contributed by atoms with Gasteiger partial charge in [0.15, 0.2) is 43.1 Å². The summed E-state index contributed by atoms with van der Waals surface area (Å²) in [7, 11) is 0. The second-order valence-corrected chi connectivity index (χ2v) is 11.3. The standard InChI is InChI=1S/C33H50O18/c1-8-19(34)42-15-17-27(28(47-22(37)11-4)30(32(41)44-17)49-24(39)13-6)51-33-31(50-25(40)14-7)29(48-23(38)12-5)26(46-21(36)10-3)18(45-33)16-43-20(35)9-2/h17-18,26-33,41H,8-16H2,1-7H3/t17?,18?,26-,27-,28+,29+,30?,31?,32?,33-/m1/s1. The lowest BCUT2D eigenvalue weighted by molar-refractivity contribution is -0.357. The van der Waals surface area contributed by atoms with Gasteiger partial charge in [0.05, 0.1) is 0 Å². The van der Waals surface area contributed by atoms with E-state index in [2.05, 4.69) is 0 Å². The van der Waals surface area contributed by atoms with Crippen LogP contribution in [-0.2, 0) is 80.9 Å². The van der Waals surface area contributed by atoms with Gasteiger partial charge in [-0.25, -0.2) is 0 Å². The van der Waals surface area contributed by atoms with E-state index < -0.39 is 116 Å². The SMILES string of the molecule is CCC(=O)OCC1OC(O)C(OC(=O)CC)[C@@H](OC(=O)CC)[C@@H]1O[C@H]1OC(COC(=O)CC)[C@@H](OC(=O)CC)[C@H](OC(=O)CC)C1OC(=O)CC. The maximum Gasteiger partial charge on any atom is 0.306 e. The lowest BCUT2D eigenvalue weighted by Crippen LogP contribution is -2.67. The fraction of sp³-hybridized carbons (Fsp3) is 0.788. The van der Waals surface area contributed by atoms with E-state index >= 15 is 0 Å². The van der Waals surface area contributed by atoms with Crippen molar-refractivity contribution in [2.45, 2.75) is 155 Å². The van der Waals surface area contributed by atoms with E-state index in [0.717, 1.165) is 0 Å². The normalized spacial score (nSPS) is 28.8. The highest BCUT2D eigenvalue weighted by Gasteiger charge is 2.57. The first-order valence-electron chi connectivity index (χ1n) is 17.2.